The molecule has 0 radical (unpaired) electrons. The fourth-order valence-corrected chi connectivity index (χ4v) is 2.09. The number of rotatable bonds is 7. The summed E-state index contributed by atoms with van der Waals surface area (Å²) < 4.78 is 10.3. The van der Waals surface area contributed by atoms with Gasteiger partial charge in [0.1, 0.15) is 12.4 Å². The van der Waals surface area contributed by atoms with Gasteiger partial charge in [0.25, 0.3) is 5.91 Å². The van der Waals surface area contributed by atoms with E-state index in [-0.39, 0.29) is 6.54 Å². The molecule has 3 N–H and O–H groups in total. The molecule has 0 aliphatic carbocycles. The molecular formula is C18H21N5O4. The number of hydrogen-bond donors (Lipinski definition) is 3. The molecule has 2 aromatic rings. The maximum Gasteiger partial charge on any atom is 0.320 e. The molecule has 0 aliphatic heterocycles. The molecule has 9 nitrogen and oxygen atoms in total. The van der Waals surface area contributed by atoms with E-state index in [2.05, 4.69) is 26.1 Å². The second kappa shape index (κ2) is 9.76. The number of nitrogens with zero attached hydrogens (tertiary/aromatic N) is 2. The molecule has 142 valence electrons. The molecule has 0 fully saturated rings. The highest BCUT2D eigenvalue weighted by Crippen LogP contribution is 2.26. The van der Waals surface area contributed by atoms with E-state index < -0.39 is 11.9 Å². The van der Waals surface area contributed by atoms with Crippen molar-refractivity contribution in [1.29, 1.82) is 0 Å². The van der Waals surface area contributed by atoms with Gasteiger partial charge in [0.2, 0.25) is 0 Å². The highest BCUT2D eigenvalue weighted by atomic mass is 16.5. The Morgan fingerprint density at radius 3 is 2.63 bits per heavy atom. The smallest absolute Gasteiger partial charge is 0.320 e. The molecule has 0 saturated carbocycles. The van der Waals surface area contributed by atoms with Crippen molar-refractivity contribution in [3.05, 3.63) is 47.7 Å². The molecule has 1 aromatic carbocycles. The van der Waals surface area contributed by atoms with Crippen molar-refractivity contribution in [2.75, 3.05) is 26.1 Å². The Hall–Kier alpha value is -3.62. The molecule has 2 rings (SSSR count). The number of hydrazone groups is 1. The van der Waals surface area contributed by atoms with Gasteiger partial charge in [-0.05, 0) is 42.8 Å². The molecule has 0 unspecified atom stereocenters. The zero-order valence-corrected chi connectivity index (χ0v) is 15.3. The topological polar surface area (TPSA) is 114 Å². The van der Waals surface area contributed by atoms with Gasteiger partial charge in [-0.25, -0.2) is 15.2 Å². The Bertz CT molecular complexity index is 838. The van der Waals surface area contributed by atoms with Crippen LogP contribution in [-0.2, 0) is 4.79 Å². The van der Waals surface area contributed by atoms with Crippen LogP contribution in [-0.4, -0.2) is 43.9 Å². The lowest BCUT2D eigenvalue weighted by Gasteiger charge is -2.07. The predicted molar refractivity (Wildman–Crippen MR) is 101 cm³/mol. The van der Waals surface area contributed by atoms with Gasteiger partial charge in [0.15, 0.2) is 11.5 Å². The van der Waals surface area contributed by atoms with Crippen molar-refractivity contribution >= 4 is 24.0 Å². The second-order valence-electron chi connectivity index (χ2n) is 5.38. The van der Waals surface area contributed by atoms with E-state index in [1.54, 1.807) is 37.4 Å². The van der Waals surface area contributed by atoms with Gasteiger partial charge in [-0.2, -0.15) is 5.10 Å². The monoisotopic (exact) mass is 371 g/mol. The molecule has 1 heterocycles. The number of carbonyl (C=O) groups is 2. The van der Waals surface area contributed by atoms with Crippen LogP contribution in [0.5, 0.6) is 11.5 Å². The minimum Gasteiger partial charge on any atom is -0.493 e. The summed E-state index contributed by atoms with van der Waals surface area (Å²) in [6, 6.07) is 9.91. The van der Waals surface area contributed by atoms with Crippen LogP contribution in [0.3, 0.4) is 0 Å². The van der Waals surface area contributed by atoms with E-state index in [0.29, 0.717) is 22.9 Å². The lowest BCUT2D eigenvalue weighted by molar-refractivity contribution is -0.120. The number of ether oxygens (including phenoxy) is 2. The highest BCUT2D eigenvalue weighted by Gasteiger charge is 2.06. The average molecular weight is 371 g/mol. The summed E-state index contributed by atoms with van der Waals surface area (Å²) in [6.45, 7) is 1.58. The summed E-state index contributed by atoms with van der Waals surface area (Å²) in [5.74, 6) is 1.08. The molecule has 0 atom stereocenters. The van der Waals surface area contributed by atoms with Crippen molar-refractivity contribution < 1.29 is 19.1 Å². The van der Waals surface area contributed by atoms with Gasteiger partial charge >= 0.3 is 6.03 Å². The van der Waals surface area contributed by atoms with Crippen LogP contribution in [0.4, 0.5) is 10.6 Å². The van der Waals surface area contributed by atoms with E-state index in [1.807, 2.05) is 13.0 Å². The molecule has 0 bridgehead atoms. The second-order valence-corrected chi connectivity index (χ2v) is 5.38. The number of aromatic nitrogens is 1. The van der Waals surface area contributed by atoms with Crippen LogP contribution in [0.2, 0.25) is 0 Å². The number of nitrogens with one attached hydrogen (secondary N) is 3. The predicted octanol–water partition coefficient (Wildman–Crippen LogP) is 1.68. The van der Waals surface area contributed by atoms with E-state index in [1.165, 1.54) is 13.3 Å². The lowest BCUT2D eigenvalue weighted by atomic mass is 10.2. The highest BCUT2D eigenvalue weighted by molar-refractivity contribution is 5.91. The summed E-state index contributed by atoms with van der Waals surface area (Å²) >= 11 is 0. The Labute approximate surface area is 156 Å². The third-order valence-corrected chi connectivity index (χ3v) is 3.35. The largest absolute Gasteiger partial charge is 0.493 e. The fourth-order valence-electron chi connectivity index (χ4n) is 2.09. The molecular weight excluding hydrogens is 350 g/mol. The van der Waals surface area contributed by atoms with Crippen LogP contribution in [0.1, 0.15) is 11.3 Å². The maximum atomic E-state index is 11.7. The Kier molecular flexibility index (Phi) is 7.12. The minimum atomic E-state index is -0.535. The van der Waals surface area contributed by atoms with Crippen molar-refractivity contribution in [3.8, 4) is 11.5 Å². The first kappa shape index (κ1) is 19.7. The fraction of sp³-hybridized carbons (Fsp3) is 0.222. The van der Waals surface area contributed by atoms with E-state index in [4.69, 9.17) is 9.47 Å². The van der Waals surface area contributed by atoms with Gasteiger partial charge in [0.05, 0.1) is 20.4 Å². The summed E-state index contributed by atoms with van der Waals surface area (Å²) in [5.41, 5.74) is 3.81. The van der Waals surface area contributed by atoms with Crippen molar-refractivity contribution in [1.82, 2.24) is 15.7 Å². The molecule has 3 amide bonds. The number of anilines is 1. The van der Waals surface area contributed by atoms with Crippen LogP contribution < -0.4 is 25.5 Å². The number of amides is 3. The Morgan fingerprint density at radius 1 is 1.15 bits per heavy atom. The van der Waals surface area contributed by atoms with Crippen molar-refractivity contribution in [3.63, 3.8) is 0 Å². The standard InChI is InChI=1S/C18H21N5O4/c1-12-5-4-6-16(21-12)22-18(25)19-11-17(24)23-20-10-13-7-8-14(26-2)15(9-13)27-3/h4-10H,11H2,1-3H3,(H,23,24)(H2,19,21,22,25). The van der Waals surface area contributed by atoms with Crippen LogP contribution >= 0.6 is 0 Å². The van der Waals surface area contributed by atoms with E-state index in [0.717, 1.165) is 5.69 Å². The normalized spacial score (nSPS) is 10.3. The van der Waals surface area contributed by atoms with Gasteiger partial charge in [0, 0.05) is 5.69 Å². The summed E-state index contributed by atoms with van der Waals surface area (Å²) in [4.78, 5) is 27.6. The average Bonchev–Trinajstić information content (AvgIpc) is 2.66. The molecule has 27 heavy (non-hydrogen) atoms. The minimum absolute atomic E-state index is 0.235. The number of aryl methyl sites for hydroxylation is 1. The van der Waals surface area contributed by atoms with Crippen LogP contribution in [0.15, 0.2) is 41.5 Å². The number of carbonyl (C=O) groups excluding carboxylic acids is 2. The molecule has 1 aromatic heterocycles. The lowest BCUT2D eigenvalue weighted by Crippen LogP contribution is -2.37. The Morgan fingerprint density at radius 2 is 1.93 bits per heavy atom. The van der Waals surface area contributed by atoms with Crippen molar-refractivity contribution in [2.45, 2.75) is 6.92 Å². The van der Waals surface area contributed by atoms with Gasteiger partial charge in [-0.1, -0.05) is 6.07 Å². The van der Waals surface area contributed by atoms with E-state index >= 15 is 0 Å². The number of methoxy groups -OCH3 is 2. The summed E-state index contributed by atoms with van der Waals surface area (Å²) in [5, 5.41) is 8.80. The third-order valence-electron chi connectivity index (χ3n) is 3.35. The molecule has 0 saturated heterocycles. The van der Waals surface area contributed by atoms with Crippen LogP contribution in [0.25, 0.3) is 0 Å². The van der Waals surface area contributed by atoms with E-state index in [9.17, 15) is 9.59 Å². The number of pyridine rings is 1. The molecule has 0 spiro atoms. The van der Waals surface area contributed by atoms with Gasteiger partial charge < -0.3 is 14.8 Å². The first-order valence-corrected chi connectivity index (χ1v) is 8.04. The molecule has 0 aliphatic rings. The summed E-state index contributed by atoms with van der Waals surface area (Å²) in [7, 11) is 3.08. The first-order valence-electron chi connectivity index (χ1n) is 8.04. The van der Waals surface area contributed by atoms with Gasteiger partial charge in [-0.15, -0.1) is 0 Å². The maximum absolute atomic E-state index is 11.7. The zero-order chi connectivity index (χ0) is 19.6. The number of benzene rings is 1. The summed E-state index contributed by atoms with van der Waals surface area (Å²) in [6.07, 6.45) is 1.45. The number of hydrogen-bond acceptors (Lipinski definition) is 6. The first-order chi connectivity index (χ1) is 13.0. The third kappa shape index (κ3) is 6.31. The quantitative estimate of drug-likeness (QED) is 0.506. The zero-order valence-electron chi connectivity index (χ0n) is 15.3. The van der Waals surface area contributed by atoms with Crippen LogP contribution in [0, 0.1) is 6.92 Å². The molecule has 9 heteroatoms. The number of urea groups is 1. The van der Waals surface area contributed by atoms with Gasteiger partial charge in [-0.3, -0.25) is 10.1 Å². The Balaban J connectivity index is 1.78. The SMILES string of the molecule is COc1ccc(C=NNC(=O)CNC(=O)Nc2cccc(C)n2)cc1OC. The van der Waals surface area contributed by atoms with Crippen molar-refractivity contribution in [2.24, 2.45) is 5.10 Å².